The average molecular weight is 434 g/mol. The summed E-state index contributed by atoms with van der Waals surface area (Å²) in [6.45, 7) is 4.51. The Hall–Kier alpha value is -3.61. The number of carboxylic acids is 1. The van der Waals surface area contributed by atoms with E-state index in [1.54, 1.807) is 30.0 Å². The number of carbonyl (C=O) groups is 2. The Morgan fingerprint density at radius 2 is 1.81 bits per heavy atom. The molecule has 166 valence electrons. The Labute approximate surface area is 185 Å². The summed E-state index contributed by atoms with van der Waals surface area (Å²) in [5, 5.41) is 10.0. The predicted octanol–water partition coefficient (Wildman–Crippen LogP) is 3.59. The molecule has 1 aromatic heterocycles. The molecule has 3 aromatic rings. The smallest absolute Gasteiger partial charge is 0.306 e. The molecular weight excluding hydrogens is 408 g/mol. The lowest BCUT2D eigenvalue weighted by atomic mass is 9.97. The van der Waals surface area contributed by atoms with Crippen LogP contribution in [0.1, 0.15) is 25.3 Å². The molecule has 1 saturated heterocycles. The molecule has 0 bridgehead atoms. The third-order valence-electron chi connectivity index (χ3n) is 6.07. The van der Waals surface area contributed by atoms with Gasteiger partial charge in [0.1, 0.15) is 5.75 Å². The summed E-state index contributed by atoms with van der Waals surface area (Å²) >= 11 is 0. The fourth-order valence-electron chi connectivity index (χ4n) is 4.27. The van der Waals surface area contributed by atoms with Gasteiger partial charge in [0.15, 0.2) is 6.10 Å². The molecule has 7 heteroatoms. The molecule has 2 N–H and O–H groups in total. The van der Waals surface area contributed by atoms with Crippen LogP contribution in [0.5, 0.6) is 5.75 Å². The molecule has 0 spiro atoms. The van der Waals surface area contributed by atoms with Crippen molar-refractivity contribution >= 4 is 22.8 Å². The first kappa shape index (κ1) is 21.6. The van der Waals surface area contributed by atoms with Crippen molar-refractivity contribution in [3.8, 4) is 16.9 Å². The molecule has 0 saturated carbocycles. The third kappa shape index (κ3) is 4.37. The van der Waals surface area contributed by atoms with Gasteiger partial charge in [-0.15, -0.1) is 0 Å². The number of hydrogen-bond donors (Lipinski definition) is 2. The molecule has 1 amide bonds. The van der Waals surface area contributed by atoms with Gasteiger partial charge in [-0.05, 0) is 55.5 Å². The second kappa shape index (κ2) is 8.86. The van der Waals surface area contributed by atoms with Gasteiger partial charge in [-0.3, -0.25) is 14.4 Å². The number of carbonyl (C=O) groups excluding carboxylic acids is 1. The van der Waals surface area contributed by atoms with E-state index in [2.05, 4.69) is 4.98 Å². The zero-order valence-corrected chi connectivity index (χ0v) is 18.1. The van der Waals surface area contributed by atoms with Crippen LogP contribution in [0.15, 0.2) is 53.3 Å². The maximum Gasteiger partial charge on any atom is 0.306 e. The number of fused-ring (bicyclic) bond motifs is 1. The standard InChI is InChI=1S/C25H26N2O5/c1-15-5-3-4-6-19(15)21-14-23(28)26-22-13-18(7-8-20(21)22)32-16(2)24(29)27-11-9-17(10-12-27)25(30)31/h3-8,13-14,16-17H,9-12H2,1-2H3,(H,26,28)(H,30,31)/t16-/m1/s1. The van der Waals surface area contributed by atoms with E-state index in [4.69, 9.17) is 9.84 Å². The summed E-state index contributed by atoms with van der Waals surface area (Å²) in [5.74, 6) is -0.890. The highest BCUT2D eigenvalue weighted by molar-refractivity contribution is 5.95. The molecule has 1 fully saturated rings. The highest BCUT2D eigenvalue weighted by Crippen LogP contribution is 2.31. The van der Waals surface area contributed by atoms with Gasteiger partial charge in [0.2, 0.25) is 5.56 Å². The van der Waals surface area contributed by atoms with Crippen molar-refractivity contribution in [2.75, 3.05) is 13.1 Å². The number of benzene rings is 2. The van der Waals surface area contributed by atoms with Crippen molar-refractivity contribution in [1.29, 1.82) is 0 Å². The van der Waals surface area contributed by atoms with Gasteiger partial charge in [0, 0.05) is 30.6 Å². The summed E-state index contributed by atoms with van der Waals surface area (Å²) in [6, 6.07) is 14.9. The number of aromatic amines is 1. The zero-order valence-electron chi connectivity index (χ0n) is 18.1. The van der Waals surface area contributed by atoms with E-state index < -0.39 is 18.0 Å². The molecule has 0 unspecified atom stereocenters. The lowest BCUT2D eigenvalue weighted by Gasteiger charge is -2.32. The fraction of sp³-hybridized carbons (Fsp3) is 0.320. The van der Waals surface area contributed by atoms with E-state index in [0.717, 1.165) is 22.1 Å². The number of aromatic nitrogens is 1. The monoisotopic (exact) mass is 434 g/mol. The molecule has 4 rings (SSSR count). The molecule has 0 radical (unpaired) electrons. The number of hydrogen-bond acceptors (Lipinski definition) is 4. The maximum absolute atomic E-state index is 12.8. The van der Waals surface area contributed by atoms with E-state index in [1.165, 1.54) is 0 Å². The molecule has 1 aliphatic rings. The second-order valence-electron chi connectivity index (χ2n) is 8.27. The number of piperidine rings is 1. The number of aryl methyl sites for hydroxylation is 1. The van der Waals surface area contributed by atoms with Crippen LogP contribution in [-0.4, -0.2) is 46.1 Å². The topological polar surface area (TPSA) is 99.7 Å². The van der Waals surface area contributed by atoms with Gasteiger partial charge >= 0.3 is 5.97 Å². The van der Waals surface area contributed by atoms with E-state index in [-0.39, 0.29) is 11.5 Å². The molecule has 0 aliphatic carbocycles. The zero-order chi connectivity index (χ0) is 22.8. The Balaban J connectivity index is 1.54. The number of carboxylic acid groups (broad SMARTS) is 1. The van der Waals surface area contributed by atoms with Crippen LogP contribution < -0.4 is 10.3 Å². The maximum atomic E-state index is 12.8. The van der Waals surface area contributed by atoms with E-state index in [0.29, 0.717) is 37.2 Å². The Bertz CT molecular complexity index is 1220. The van der Waals surface area contributed by atoms with Gasteiger partial charge in [-0.1, -0.05) is 24.3 Å². The largest absolute Gasteiger partial charge is 0.481 e. The number of nitrogens with one attached hydrogen (secondary N) is 1. The summed E-state index contributed by atoms with van der Waals surface area (Å²) < 4.78 is 5.89. The van der Waals surface area contributed by atoms with Crippen LogP contribution >= 0.6 is 0 Å². The average Bonchev–Trinajstić information content (AvgIpc) is 2.78. The first-order valence-electron chi connectivity index (χ1n) is 10.7. The number of amides is 1. The van der Waals surface area contributed by atoms with Crippen LogP contribution in [0.25, 0.3) is 22.0 Å². The summed E-state index contributed by atoms with van der Waals surface area (Å²) in [7, 11) is 0. The van der Waals surface area contributed by atoms with E-state index in [9.17, 15) is 14.4 Å². The van der Waals surface area contributed by atoms with Crippen molar-refractivity contribution in [1.82, 2.24) is 9.88 Å². The predicted molar refractivity (Wildman–Crippen MR) is 122 cm³/mol. The summed E-state index contributed by atoms with van der Waals surface area (Å²) in [4.78, 5) is 40.7. The normalized spacial score (nSPS) is 15.5. The molecule has 2 aromatic carbocycles. The Morgan fingerprint density at radius 1 is 1.09 bits per heavy atom. The molecule has 7 nitrogen and oxygen atoms in total. The van der Waals surface area contributed by atoms with Gasteiger partial charge < -0.3 is 19.7 Å². The molecule has 32 heavy (non-hydrogen) atoms. The van der Waals surface area contributed by atoms with Crippen molar-refractivity contribution in [3.05, 3.63) is 64.4 Å². The number of ether oxygens (including phenoxy) is 1. The number of rotatable bonds is 5. The highest BCUT2D eigenvalue weighted by atomic mass is 16.5. The molecule has 2 heterocycles. The van der Waals surface area contributed by atoms with E-state index in [1.807, 2.05) is 37.3 Å². The number of pyridine rings is 1. The lowest BCUT2D eigenvalue weighted by Crippen LogP contribution is -2.45. The highest BCUT2D eigenvalue weighted by Gasteiger charge is 2.29. The molecular formula is C25H26N2O5. The lowest BCUT2D eigenvalue weighted by molar-refractivity contribution is -0.147. The third-order valence-corrected chi connectivity index (χ3v) is 6.07. The summed E-state index contributed by atoms with van der Waals surface area (Å²) in [6.07, 6.45) is 0.180. The molecule has 1 aliphatic heterocycles. The SMILES string of the molecule is Cc1ccccc1-c1cc(=O)[nH]c2cc(O[C@H](C)C(=O)N3CCC(C(=O)O)CC3)ccc12. The minimum Gasteiger partial charge on any atom is -0.481 e. The number of likely N-dealkylation sites (tertiary alicyclic amines) is 1. The van der Waals surface area contributed by atoms with Crippen molar-refractivity contribution in [2.45, 2.75) is 32.8 Å². The van der Waals surface area contributed by atoms with Gasteiger partial charge in [-0.2, -0.15) is 0 Å². The summed E-state index contributed by atoms with van der Waals surface area (Å²) in [5.41, 5.74) is 3.34. The van der Waals surface area contributed by atoms with Crippen LogP contribution in [0, 0.1) is 12.8 Å². The van der Waals surface area contributed by atoms with Crippen molar-refractivity contribution in [3.63, 3.8) is 0 Å². The number of H-pyrrole nitrogens is 1. The van der Waals surface area contributed by atoms with Gasteiger partial charge in [-0.25, -0.2) is 0 Å². The fourth-order valence-corrected chi connectivity index (χ4v) is 4.27. The first-order valence-corrected chi connectivity index (χ1v) is 10.7. The van der Waals surface area contributed by atoms with Crippen LogP contribution in [0.3, 0.4) is 0 Å². The Kier molecular flexibility index (Phi) is 5.99. The number of aliphatic carboxylic acids is 1. The van der Waals surface area contributed by atoms with Crippen molar-refractivity contribution < 1.29 is 19.4 Å². The molecule has 1 atom stereocenters. The first-order chi connectivity index (χ1) is 15.3. The van der Waals surface area contributed by atoms with Gasteiger partial charge in [0.25, 0.3) is 5.91 Å². The van der Waals surface area contributed by atoms with Crippen LogP contribution in [0.2, 0.25) is 0 Å². The van der Waals surface area contributed by atoms with Gasteiger partial charge in [0.05, 0.1) is 11.4 Å². The van der Waals surface area contributed by atoms with Crippen molar-refractivity contribution in [2.24, 2.45) is 5.92 Å². The number of nitrogens with zero attached hydrogens (tertiary/aromatic N) is 1. The van der Waals surface area contributed by atoms with Crippen LogP contribution in [-0.2, 0) is 9.59 Å². The van der Waals surface area contributed by atoms with Crippen LogP contribution in [0.4, 0.5) is 0 Å². The second-order valence-corrected chi connectivity index (χ2v) is 8.27. The van der Waals surface area contributed by atoms with E-state index >= 15 is 0 Å². The quantitative estimate of drug-likeness (QED) is 0.639. The minimum atomic E-state index is -0.809. The minimum absolute atomic E-state index is 0.170. The Morgan fingerprint density at radius 3 is 2.50 bits per heavy atom.